The third-order valence-corrected chi connectivity index (χ3v) is 5.36. The van der Waals surface area contributed by atoms with Gasteiger partial charge in [-0.15, -0.1) is 0 Å². The molecule has 0 aliphatic carbocycles. The van der Waals surface area contributed by atoms with E-state index >= 15 is 0 Å². The second kappa shape index (κ2) is 15.5. The Morgan fingerprint density at radius 2 is 1.30 bits per heavy atom. The number of primary amides is 1. The van der Waals surface area contributed by atoms with Crippen LogP contribution in [0.1, 0.15) is 113 Å². The van der Waals surface area contributed by atoms with E-state index in [1.54, 1.807) is 13.2 Å². The van der Waals surface area contributed by atoms with Gasteiger partial charge in [0.25, 0.3) is 0 Å². The van der Waals surface area contributed by atoms with E-state index in [9.17, 15) is 4.79 Å². The van der Waals surface area contributed by atoms with E-state index in [0.29, 0.717) is 5.56 Å². The number of benzene rings is 1. The zero-order chi connectivity index (χ0) is 19.7. The molecule has 0 spiro atoms. The molecule has 2 N–H and O–H groups in total. The number of amides is 1. The van der Waals surface area contributed by atoms with Gasteiger partial charge in [-0.3, -0.25) is 4.79 Å². The van der Waals surface area contributed by atoms with Crippen molar-refractivity contribution in [3.8, 4) is 5.75 Å². The summed E-state index contributed by atoms with van der Waals surface area (Å²) in [4.78, 5) is 11.3. The lowest BCUT2D eigenvalue weighted by Gasteiger charge is -2.10. The number of aryl methyl sites for hydroxylation is 1. The molecule has 3 nitrogen and oxygen atoms in total. The molecule has 0 saturated heterocycles. The molecule has 0 heterocycles. The Morgan fingerprint density at radius 3 is 1.74 bits per heavy atom. The summed E-state index contributed by atoms with van der Waals surface area (Å²) in [7, 11) is 1.67. The van der Waals surface area contributed by atoms with Gasteiger partial charge in [-0.1, -0.05) is 90.4 Å². The summed E-state index contributed by atoms with van der Waals surface area (Å²) in [6.45, 7) is 2.28. The standard InChI is InChI=1S/C24H41NO2/c1-3-4-5-6-7-8-9-10-11-12-13-14-15-16-17-21-20-22(24(25)26)18-19-23(21)27-2/h18-20H,3-17H2,1-2H3,(H2,25,26). The minimum absolute atomic E-state index is 0.375. The van der Waals surface area contributed by atoms with Crippen molar-refractivity contribution in [2.75, 3.05) is 7.11 Å². The van der Waals surface area contributed by atoms with E-state index < -0.39 is 0 Å². The summed E-state index contributed by atoms with van der Waals surface area (Å²) < 4.78 is 5.40. The zero-order valence-electron chi connectivity index (χ0n) is 17.7. The lowest BCUT2D eigenvalue weighted by atomic mass is 10.0. The van der Waals surface area contributed by atoms with Crippen LogP contribution in [0, 0.1) is 0 Å². The maximum atomic E-state index is 11.3. The van der Waals surface area contributed by atoms with Crippen LogP contribution in [-0.2, 0) is 6.42 Å². The van der Waals surface area contributed by atoms with Crippen molar-refractivity contribution >= 4 is 5.91 Å². The van der Waals surface area contributed by atoms with Crippen molar-refractivity contribution in [3.63, 3.8) is 0 Å². The van der Waals surface area contributed by atoms with Crippen LogP contribution in [0.25, 0.3) is 0 Å². The Morgan fingerprint density at radius 1 is 0.815 bits per heavy atom. The maximum Gasteiger partial charge on any atom is 0.248 e. The lowest BCUT2D eigenvalue weighted by Crippen LogP contribution is -2.11. The summed E-state index contributed by atoms with van der Waals surface area (Å²) in [6.07, 6.45) is 20.0. The van der Waals surface area contributed by atoms with E-state index in [-0.39, 0.29) is 5.91 Å². The number of hydrogen-bond acceptors (Lipinski definition) is 2. The second-order valence-corrected chi connectivity index (χ2v) is 7.74. The summed E-state index contributed by atoms with van der Waals surface area (Å²) in [5.74, 6) is 0.481. The van der Waals surface area contributed by atoms with Gasteiger partial charge in [0.1, 0.15) is 5.75 Å². The van der Waals surface area contributed by atoms with E-state index in [2.05, 4.69) is 6.92 Å². The monoisotopic (exact) mass is 375 g/mol. The average molecular weight is 376 g/mol. The zero-order valence-corrected chi connectivity index (χ0v) is 17.7. The fourth-order valence-electron chi connectivity index (χ4n) is 3.64. The van der Waals surface area contributed by atoms with Crippen molar-refractivity contribution in [3.05, 3.63) is 29.3 Å². The molecule has 1 aromatic rings. The fraction of sp³-hybridized carbons (Fsp3) is 0.708. The van der Waals surface area contributed by atoms with Crippen molar-refractivity contribution < 1.29 is 9.53 Å². The minimum atomic E-state index is -0.375. The molecular formula is C24H41NO2. The molecule has 0 aliphatic rings. The molecule has 0 radical (unpaired) electrons. The van der Waals surface area contributed by atoms with Crippen LogP contribution in [0.4, 0.5) is 0 Å². The Labute approximate surface area is 167 Å². The normalized spacial score (nSPS) is 10.9. The molecule has 0 aromatic heterocycles. The van der Waals surface area contributed by atoms with Gasteiger partial charge >= 0.3 is 0 Å². The molecule has 1 amide bonds. The summed E-state index contributed by atoms with van der Waals surface area (Å²) in [6, 6.07) is 5.46. The molecule has 0 unspecified atom stereocenters. The highest BCUT2D eigenvalue weighted by Gasteiger charge is 2.07. The van der Waals surface area contributed by atoms with E-state index in [0.717, 1.165) is 24.2 Å². The van der Waals surface area contributed by atoms with Gasteiger partial charge in [0, 0.05) is 5.56 Å². The Bertz CT molecular complexity index is 513. The molecule has 1 aromatic carbocycles. The number of carbonyl (C=O) groups excluding carboxylic acids is 1. The lowest BCUT2D eigenvalue weighted by molar-refractivity contribution is 0.1000. The van der Waals surface area contributed by atoms with E-state index in [1.807, 2.05) is 12.1 Å². The molecule has 154 valence electrons. The third-order valence-electron chi connectivity index (χ3n) is 5.36. The molecule has 0 aliphatic heterocycles. The van der Waals surface area contributed by atoms with Crippen LogP contribution in [0.5, 0.6) is 5.75 Å². The van der Waals surface area contributed by atoms with Crippen molar-refractivity contribution in [2.45, 2.75) is 103 Å². The van der Waals surface area contributed by atoms with Gasteiger partial charge in [0.15, 0.2) is 0 Å². The number of nitrogens with two attached hydrogens (primary N) is 1. The van der Waals surface area contributed by atoms with Gasteiger partial charge in [0.05, 0.1) is 7.11 Å². The highest BCUT2D eigenvalue weighted by Crippen LogP contribution is 2.22. The highest BCUT2D eigenvalue weighted by molar-refractivity contribution is 5.93. The first-order valence-corrected chi connectivity index (χ1v) is 11.2. The quantitative estimate of drug-likeness (QED) is 0.304. The van der Waals surface area contributed by atoms with Crippen LogP contribution in [0.15, 0.2) is 18.2 Å². The molecule has 0 fully saturated rings. The number of hydrogen-bond donors (Lipinski definition) is 1. The number of methoxy groups -OCH3 is 1. The van der Waals surface area contributed by atoms with Crippen molar-refractivity contribution in [2.24, 2.45) is 5.73 Å². The van der Waals surface area contributed by atoms with Crippen LogP contribution in [0.2, 0.25) is 0 Å². The van der Waals surface area contributed by atoms with Crippen molar-refractivity contribution in [1.82, 2.24) is 0 Å². The predicted octanol–water partition coefficient (Wildman–Crippen LogP) is 6.82. The molecular weight excluding hydrogens is 334 g/mol. The highest BCUT2D eigenvalue weighted by atomic mass is 16.5. The topological polar surface area (TPSA) is 52.3 Å². The van der Waals surface area contributed by atoms with Crippen molar-refractivity contribution in [1.29, 1.82) is 0 Å². The average Bonchev–Trinajstić information content (AvgIpc) is 2.68. The summed E-state index contributed by atoms with van der Waals surface area (Å²) >= 11 is 0. The fourth-order valence-corrected chi connectivity index (χ4v) is 3.64. The molecule has 1 rings (SSSR count). The predicted molar refractivity (Wildman–Crippen MR) is 116 cm³/mol. The van der Waals surface area contributed by atoms with E-state index in [4.69, 9.17) is 10.5 Å². The molecule has 27 heavy (non-hydrogen) atoms. The van der Waals surface area contributed by atoms with Crippen LogP contribution >= 0.6 is 0 Å². The number of rotatable bonds is 17. The SMILES string of the molecule is CCCCCCCCCCCCCCCCc1cc(C(N)=O)ccc1OC. The first kappa shape index (κ1) is 23.5. The van der Waals surface area contributed by atoms with Crippen LogP contribution in [-0.4, -0.2) is 13.0 Å². The van der Waals surface area contributed by atoms with E-state index in [1.165, 1.54) is 83.5 Å². The largest absolute Gasteiger partial charge is 0.496 e. The first-order valence-electron chi connectivity index (χ1n) is 11.2. The van der Waals surface area contributed by atoms with Gasteiger partial charge in [0.2, 0.25) is 5.91 Å². The summed E-state index contributed by atoms with van der Waals surface area (Å²) in [5.41, 5.74) is 7.03. The number of carbonyl (C=O) groups is 1. The van der Waals surface area contributed by atoms with Crippen LogP contribution in [0.3, 0.4) is 0 Å². The first-order chi connectivity index (χ1) is 13.2. The van der Waals surface area contributed by atoms with Crippen LogP contribution < -0.4 is 10.5 Å². The minimum Gasteiger partial charge on any atom is -0.496 e. The Balaban J connectivity index is 2.01. The van der Waals surface area contributed by atoms with Gasteiger partial charge in [-0.2, -0.15) is 0 Å². The maximum absolute atomic E-state index is 11.3. The molecule has 3 heteroatoms. The molecule has 0 bridgehead atoms. The third kappa shape index (κ3) is 11.0. The Hall–Kier alpha value is -1.51. The van der Waals surface area contributed by atoms with Gasteiger partial charge in [-0.25, -0.2) is 0 Å². The smallest absolute Gasteiger partial charge is 0.248 e. The molecule has 0 atom stereocenters. The van der Waals surface area contributed by atoms with Gasteiger partial charge < -0.3 is 10.5 Å². The second-order valence-electron chi connectivity index (χ2n) is 7.74. The van der Waals surface area contributed by atoms with Gasteiger partial charge in [-0.05, 0) is 36.6 Å². The molecule has 0 saturated carbocycles. The number of unbranched alkanes of at least 4 members (excludes halogenated alkanes) is 13. The number of ether oxygens (including phenoxy) is 1. The Kier molecular flexibility index (Phi) is 13.5. The summed E-state index contributed by atoms with van der Waals surface area (Å²) in [5, 5.41) is 0.